The van der Waals surface area contributed by atoms with E-state index in [0.717, 1.165) is 88.4 Å². The Morgan fingerprint density at radius 2 is 1.18 bits per heavy atom. The Kier molecular flexibility index (Phi) is 16.0. The van der Waals surface area contributed by atoms with E-state index in [1.165, 1.54) is 17.7 Å². The van der Waals surface area contributed by atoms with E-state index >= 15 is 0 Å². The maximum absolute atomic E-state index is 13.5. The molecular formula is C40H64N6O10. The van der Waals surface area contributed by atoms with Gasteiger partial charge in [-0.2, -0.15) is 0 Å². The van der Waals surface area contributed by atoms with Crippen molar-refractivity contribution in [3.05, 3.63) is 0 Å². The number of esters is 1. The number of likely N-dealkylation sites (tertiary alicyclic amines) is 2. The van der Waals surface area contributed by atoms with Gasteiger partial charge in [0.05, 0.1) is 31.8 Å². The van der Waals surface area contributed by atoms with E-state index in [9.17, 15) is 28.8 Å². The van der Waals surface area contributed by atoms with Gasteiger partial charge in [-0.15, -0.1) is 0 Å². The van der Waals surface area contributed by atoms with E-state index in [0.29, 0.717) is 18.3 Å². The lowest BCUT2D eigenvalue weighted by Crippen LogP contribution is -2.72. The summed E-state index contributed by atoms with van der Waals surface area (Å²) in [6, 6.07) is -2.05. The summed E-state index contributed by atoms with van der Waals surface area (Å²) in [6.07, 6.45) is 14.5. The summed E-state index contributed by atoms with van der Waals surface area (Å²) < 4.78 is 22.0. The molecule has 0 aromatic heterocycles. The molecule has 16 nitrogen and oxygen atoms in total. The molecule has 0 bridgehead atoms. The Hall–Kier alpha value is -4.11. The fraction of sp³-hybridized carbons (Fsp3) is 0.825. The molecule has 314 valence electrons. The lowest BCUT2D eigenvalue weighted by molar-refractivity contribution is -0.172. The van der Waals surface area contributed by atoms with E-state index in [-0.39, 0.29) is 63.8 Å². The second kappa shape index (κ2) is 20.9. The number of hydrogen-bond donors (Lipinski definition) is 3. The van der Waals surface area contributed by atoms with Crippen LogP contribution < -0.4 is 16.0 Å². The fourth-order valence-electron chi connectivity index (χ4n) is 8.28. The molecule has 5 aliphatic rings. The number of aliphatic imine (C=N–C) groups is 1. The second-order valence-electron chi connectivity index (χ2n) is 17.3. The van der Waals surface area contributed by atoms with Gasteiger partial charge in [-0.3, -0.25) is 20.4 Å². The lowest BCUT2D eigenvalue weighted by Gasteiger charge is -2.49. The van der Waals surface area contributed by atoms with Crippen LogP contribution in [0.1, 0.15) is 130 Å². The minimum atomic E-state index is -1.10. The van der Waals surface area contributed by atoms with Crippen molar-refractivity contribution in [2.45, 2.75) is 148 Å². The molecule has 2 atom stereocenters. The molecule has 5 fully saturated rings. The van der Waals surface area contributed by atoms with Crippen LogP contribution in [0.2, 0.25) is 0 Å². The van der Waals surface area contributed by atoms with Gasteiger partial charge < -0.3 is 29.2 Å². The Balaban J connectivity index is 1.17. The van der Waals surface area contributed by atoms with Gasteiger partial charge in [0.2, 0.25) is 11.9 Å². The average Bonchev–Trinajstić information content (AvgIpc) is 3.15. The van der Waals surface area contributed by atoms with Crippen LogP contribution in [-0.2, 0) is 28.5 Å². The molecule has 0 spiro atoms. The second-order valence-corrected chi connectivity index (χ2v) is 17.3. The van der Waals surface area contributed by atoms with Gasteiger partial charge in [0.25, 0.3) is 0 Å². The summed E-state index contributed by atoms with van der Waals surface area (Å²) in [7, 11) is 0. The Bertz CT molecular complexity index is 1360. The highest BCUT2D eigenvalue weighted by Gasteiger charge is 2.57. The number of nitrogens with zero attached hydrogens (tertiary/aromatic N) is 3. The molecule has 6 amide bonds. The van der Waals surface area contributed by atoms with Gasteiger partial charge in [-0.05, 0) is 89.9 Å². The number of imide groups is 1. The van der Waals surface area contributed by atoms with Crippen LogP contribution in [0.4, 0.5) is 19.2 Å². The van der Waals surface area contributed by atoms with E-state index in [4.69, 9.17) is 18.9 Å². The van der Waals surface area contributed by atoms with Crippen molar-refractivity contribution in [1.82, 2.24) is 25.8 Å². The SMILES string of the molecule is CC(C)(C)OC(=O)NC1CN(C(=O)N2C(=O)[C@H](CCCN=C(NC(=O)OCC3CCCCC3)NC(=O)OCC3CCCCC3)C2C(=O)OCC2CCCCC2)C1. The van der Waals surface area contributed by atoms with Crippen molar-refractivity contribution < 1.29 is 47.7 Å². The number of carbonyl (C=O) groups excluding carboxylic acids is 6. The molecule has 3 N–H and O–H groups in total. The number of alkyl carbamates (subject to hydrolysis) is 3. The van der Waals surface area contributed by atoms with Gasteiger partial charge in [-0.1, -0.05) is 57.8 Å². The molecule has 1 unspecified atom stereocenters. The molecule has 56 heavy (non-hydrogen) atoms. The Morgan fingerprint density at radius 3 is 1.66 bits per heavy atom. The highest BCUT2D eigenvalue weighted by Crippen LogP contribution is 2.34. The number of guanidine groups is 1. The highest BCUT2D eigenvalue weighted by molar-refractivity contribution is 6.08. The predicted molar refractivity (Wildman–Crippen MR) is 205 cm³/mol. The van der Waals surface area contributed by atoms with Crippen LogP contribution in [0.15, 0.2) is 4.99 Å². The molecular weight excluding hydrogens is 724 g/mol. The number of carbonyl (C=O) groups is 6. The van der Waals surface area contributed by atoms with Crippen molar-refractivity contribution in [1.29, 1.82) is 0 Å². The normalized spacial score (nSPS) is 22.5. The van der Waals surface area contributed by atoms with Crippen LogP contribution in [0.5, 0.6) is 0 Å². The van der Waals surface area contributed by atoms with Crippen LogP contribution in [0.25, 0.3) is 0 Å². The lowest BCUT2D eigenvalue weighted by atomic mass is 9.83. The third kappa shape index (κ3) is 13.2. The first-order chi connectivity index (χ1) is 26.9. The molecule has 0 aromatic carbocycles. The van der Waals surface area contributed by atoms with E-state index < -0.39 is 53.7 Å². The summed E-state index contributed by atoms with van der Waals surface area (Å²) in [6.45, 7) is 6.49. The molecule has 2 saturated heterocycles. The molecule has 0 radical (unpaired) electrons. The molecule has 2 heterocycles. The molecule has 3 aliphatic carbocycles. The number of hydrogen-bond acceptors (Lipinski definition) is 11. The van der Waals surface area contributed by atoms with Crippen LogP contribution in [0.3, 0.4) is 0 Å². The minimum Gasteiger partial charge on any atom is -0.464 e. The largest absolute Gasteiger partial charge is 0.464 e. The number of nitrogens with one attached hydrogen (secondary N) is 3. The number of rotatable bonds is 12. The van der Waals surface area contributed by atoms with Crippen LogP contribution in [0, 0.1) is 23.7 Å². The summed E-state index contributed by atoms with van der Waals surface area (Å²) in [4.78, 5) is 85.1. The zero-order chi connectivity index (χ0) is 40.1. The van der Waals surface area contributed by atoms with E-state index in [1.807, 2.05) is 0 Å². The predicted octanol–water partition coefficient (Wildman–Crippen LogP) is 6.02. The van der Waals surface area contributed by atoms with Gasteiger partial charge in [0.1, 0.15) is 5.60 Å². The zero-order valence-corrected chi connectivity index (χ0v) is 33.7. The quantitative estimate of drug-likeness (QED) is 0.0526. The molecule has 3 saturated carbocycles. The van der Waals surface area contributed by atoms with Gasteiger partial charge in [-0.25, -0.2) is 28.9 Å². The topological polar surface area (TPSA) is 194 Å². The molecule has 2 aliphatic heterocycles. The fourth-order valence-corrected chi connectivity index (χ4v) is 8.28. The third-order valence-corrected chi connectivity index (χ3v) is 11.5. The van der Waals surface area contributed by atoms with E-state index in [1.54, 1.807) is 20.8 Å². The molecule has 5 rings (SSSR count). The average molecular weight is 789 g/mol. The first kappa shape index (κ1) is 43.0. The maximum atomic E-state index is 13.5. The van der Waals surface area contributed by atoms with Crippen molar-refractivity contribution >= 4 is 42.1 Å². The molecule has 0 aromatic rings. The monoisotopic (exact) mass is 788 g/mol. The standard InChI is InChI=1S/C40H64N6O10/c1-40(2,3)56-38(51)42-30-22-45(23-30)39(52)46-32(34(48)53-24-27-14-7-4-8-15-27)31(33(46)47)20-13-21-41-35(43-36(49)54-25-28-16-9-5-10-17-28)44-37(50)55-26-29-18-11-6-12-19-29/h27-32H,4-26H2,1-3H3,(H,42,51)(H2,41,43,44,49,50)/t31-,32?/m1/s1. The Labute approximate surface area is 330 Å². The van der Waals surface area contributed by atoms with Gasteiger partial charge >= 0.3 is 30.3 Å². The van der Waals surface area contributed by atoms with Crippen molar-refractivity contribution in [3.8, 4) is 0 Å². The smallest absolute Gasteiger partial charge is 0.413 e. The number of ether oxygens (including phenoxy) is 4. The van der Waals surface area contributed by atoms with E-state index in [2.05, 4.69) is 20.9 Å². The summed E-state index contributed by atoms with van der Waals surface area (Å²) in [5.41, 5.74) is -0.673. The maximum Gasteiger partial charge on any atom is 0.413 e. The highest BCUT2D eigenvalue weighted by atomic mass is 16.6. The first-order valence-electron chi connectivity index (χ1n) is 21.1. The van der Waals surface area contributed by atoms with Gasteiger partial charge in [0.15, 0.2) is 6.04 Å². The molecule has 16 heteroatoms. The minimum absolute atomic E-state index is 0.0901. The third-order valence-electron chi connectivity index (χ3n) is 11.5. The van der Waals surface area contributed by atoms with Crippen molar-refractivity contribution in [2.24, 2.45) is 28.7 Å². The summed E-state index contributed by atoms with van der Waals surface area (Å²) in [5, 5.41) is 7.81. The number of urea groups is 1. The summed E-state index contributed by atoms with van der Waals surface area (Å²) in [5.74, 6) is -1.20. The number of amides is 6. The number of β-lactam (4-membered cyclic amide) rings is 1. The van der Waals surface area contributed by atoms with Crippen molar-refractivity contribution in [3.63, 3.8) is 0 Å². The van der Waals surface area contributed by atoms with Crippen molar-refractivity contribution in [2.75, 3.05) is 39.5 Å². The van der Waals surface area contributed by atoms with Gasteiger partial charge in [0, 0.05) is 19.6 Å². The van der Waals surface area contributed by atoms with Crippen LogP contribution in [-0.4, -0.2) is 109 Å². The summed E-state index contributed by atoms with van der Waals surface area (Å²) >= 11 is 0. The van der Waals surface area contributed by atoms with Crippen LogP contribution >= 0.6 is 0 Å². The first-order valence-corrected chi connectivity index (χ1v) is 21.1. The zero-order valence-electron chi connectivity index (χ0n) is 33.7. The Morgan fingerprint density at radius 1 is 0.696 bits per heavy atom.